The predicted octanol–water partition coefficient (Wildman–Crippen LogP) is 6.97. The minimum atomic E-state index is -0.212. The molecule has 0 saturated heterocycles. The van der Waals surface area contributed by atoms with Gasteiger partial charge in [-0.15, -0.1) is 0 Å². The molecule has 1 atom stereocenters. The van der Waals surface area contributed by atoms with Crippen molar-refractivity contribution in [3.63, 3.8) is 0 Å². The van der Waals surface area contributed by atoms with Crippen molar-refractivity contribution in [3.8, 4) is 5.75 Å². The maximum atomic E-state index is 12.5. The highest BCUT2D eigenvalue weighted by Gasteiger charge is 2.22. The number of benzene rings is 4. The van der Waals surface area contributed by atoms with Crippen molar-refractivity contribution in [2.24, 2.45) is 0 Å². The largest absolute Gasteiger partial charge is 0.427 e. The Morgan fingerprint density at radius 1 is 0.688 bits per heavy atom. The molecular formula is C30H28O2. The summed E-state index contributed by atoms with van der Waals surface area (Å²) in [7, 11) is 0. The van der Waals surface area contributed by atoms with Gasteiger partial charge in [0.15, 0.2) is 0 Å². The van der Waals surface area contributed by atoms with Crippen LogP contribution in [0.3, 0.4) is 0 Å². The molecule has 0 radical (unpaired) electrons. The number of ether oxygens (including phenoxy) is 1. The molecule has 2 nitrogen and oxygen atoms in total. The summed E-state index contributed by atoms with van der Waals surface area (Å²) in [5.74, 6) is 0.495. The molecule has 160 valence electrons. The van der Waals surface area contributed by atoms with Crippen LogP contribution >= 0.6 is 0 Å². The van der Waals surface area contributed by atoms with Crippen molar-refractivity contribution >= 4 is 5.97 Å². The fraction of sp³-hybridized carbons (Fsp3) is 0.167. The first-order chi connectivity index (χ1) is 15.8. The van der Waals surface area contributed by atoms with Crippen molar-refractivity contribution < 1.29 is 9.53 Å². The number of carbonyl (C=O) groups excluding carboxylic acids is 1. The fourth-order valence-corrected chi connectivity index (χ4v) is 4.26. The molecule has 0 N–H and O–H groups in total. The van der Waals surface area contributed by atoms with E-state index in [0.29, 0.717) is 18.6 Å². The number of rotatable bonds is 8. The smallest absolute Gasteiger partial charge is 0.311 e. The van der Waals surface area contributed by atoms with Crippen molar-refractivity contribution in [2.45, 2.75) is 32.1 Å². The Hall–Kier alpha value is -3.65. The van der Waals surface area contributed by atoms with Gasteiger partial charge in [0.05, 0.1) is 0 Å². The summed E-state index contributed by atoms with van der Waals surface area (Å²) in [5, 5.41) is 0. The van der Waals surface area contributed by atoms with Crippen LogP contribution in [-0.2, 0) is 17.6 Å². The first kappa shape index (κ1) is 21.6. The quantitative estimate of drug-likeness (QED) is 0.175. The molecule has 0 saturated carbocycles. The topological polar surface area (TPSA) is 26.3 Å². The molecule has 0 bridgehead atoms. The number of para-hydroxylation sites is 1. The minimum absolute atomic E-state index is 0.119. The second-order valence-corrected chi connectivity index (χ2v) is 7.88. The van der Waals surface area contributed by atoms with Crippen LogP contribution in [0.15, 0.2) is 109 Å². The highest BCUT2D eigenvalue weighted by molar-refractivity contribution is 5.72. The molecule has 0 heterocycles. The molecule has 4 aromatic rings. The van der Waals surface area contributed by atoms with E-state index in [4.69, 9.17) is 4.74 Å². The minimum Gasteiger partial charge on any atom is -0.427 e. The molecule has 32 heavy (non-hydrogen) atoms. The van der Waals surface area contributed by atoms with Crippen LogP contribution < -0.4 is 4.74 Å². The van der Waals surface area contributed by atoms with Gasteiger partial charge in [-0.3, -0.25) is 4.79 Å². The molecule has 0 aliphatic heterocycles. The summed E-state index contributed by atoms with van der Waals surface area (Å²) >= 11 is 0. The highest BCUT2D eigenvalue weighted by Crippen LogP contribution is 2.36. The van der Waals surface area contributed by atoms with Crippen molar-refractivity contribution in [1.82, 2.24) is 0 Å². The normalized spacial score (nSPS) is 11.7. The van der Waals surface area contributed by atoms with Crippen LogP contribution in [0.4, 0.5) is 0 Å². The van der Waals surface area contributed by atoms with Gasteiger partial charge in [0.1, 0.15) is 5.75 Å². The predicted molar refractivity (Wildman–Crippen MR) is 130 cm³/mol. The Morgan fingerprint density at radius 3 is 1.88 bits per heavy atom. The van der Waals surface area contributed by atoms with Crippen LogP contribution in [0.1, 0.15) is 47.1 Å². The molecule has 0 aromatic heterocycles. The van der Waals surface area contributed by atoms with Crippen molar-refractivity contribution in [3.05, 3.63) is 137 Å². The van der Waals surface area contributed by atoms with E-state index in [-0.39, 0.29) is 11.9 Å². The Morgan fingerprint density at radius 2 is 1.22 bits per heavy atom. The molecule has 0 amide bonds. The first-order valence-electron chi connectivity index (χ1n) is 11.2. The average molecular weight is 421 g/mol. The lowest BCUT2D eigenvalue weighted by atomic mass is 9.80. The summed E-state index contributed by atoms with van der Waals surface area (Å²) in [4.78, 5) is 12.5. The SMILES string of the molecule is CCc1ccccc1C(c1ccccc1)c1ccccc1CCC(=O)Oc1ccccc1. The number of aryl methyl sites for hydroxylation is 2. The Labute approximate surface area is 190 Å². The molecule has 0 aliphatic rings. The summed E-state index contributed by atoms with van der Waals surface area (Å²) in [6.45, 7) is 2.20. The fourth-order valence-electron chi connectivity index (χ4n) is 4.26. The number of esters is 1. The first-order valence-corrected chi connectivity index (χ1v) is 11.2. The summed E-state index contributed by atoms with van der Waals surface area (Å²) in [5.41, 5.74) is 6.34. The van der Waals surface area contributed by atoms with Crippen LogP contribution in [0, 0.1) is 0 Å². The van der Waals surface area contributed by atoms with Gasteiger partial charge in [0.2, 0.25) is 0 Å². The zero-order valence-electron chi connectivity index (χ0n) is 18.4. The summed E-state index contributed by atoms with van der Waals surface area (Å²) in [6.07, 6.45) is 1.95. The van der Waals surface area contributed by atoms with Gasteiger partial charge in [0, 0.05) is 12.3 Å². The molecule has 1 unspecified atom stereocenters. The van der Waals surface area contributed by atoms with E-state index in [9.17, 15) is 4.79 Å². The van der Waals surface area contributed by atoms with E-state index >= 15 is 0 Å². The molecule has 2 heteroatoms. The van der Waals surface area contributed by atoms with E-state index < -0.39 is 0 Å². The number of hydrogen-bond acceptors (Lipinski definition) is 2. The zero-order valence-corrected chi connectivity index (χ0v) is 18.4. The summed E-state index contributed by atoms with van der Waals surface area (Å²) in [6, 6.07) is 37.0. The Bertz CT molecular complexity index is 1150. The molecule has 0 spiro atoms. The Balaban J connectivity index is 1.65. The van der Waals surface area contributed by atoms with E-state index in [1.165, 1.54) is 27.8 Å². The van der Waals surface area contributed by atoms with E-state index in [0.717, 1.165) is 6.42 Å². The van der Waals surface area contributed by atoms with Crippen molar-refractivity contribution in [2.75, 3.05) is 0 Å². The van der Waals surface area contributed by atoms with Crippen LogP contribution in [0.2, 0.25) is 0 Å². The van der Waals surface area contributed by atoms with Gasteiger partial charge in [-0.1, -0.05) is 104 Å². The second kappa shape index (κ2) is 10.6. The average Bonchev–Trinajstić information content (AvgIpc) is 2.85. The third kappa shape index (κ3) is 5.15. The van der Waals surface area contributed by atoms with Gasteiger partial charge in [-0.25, -0.2) is 0 Å². The van der Waals surface area contributed by atoms with Gasteiger partial charge in [-0.2, -0.15) is 0 Å². The van der Waals surface area contributed by atoms with Crippen LogP contribution in [-0.4, -0.2) is 5.97 Å². The van der Waals surface area contributed by atoms with Crippen molar-refractivity contribution in [1.29, 1.82) is 0 Å². The van der Waals surface area contributed by atoms with Crippen LogP contribution in [0.5, 0.6) is 5.75 Å². The lowest BCUT2D eigenvalue weighted by Gasteiger charge is -2.24. The van der Waals surface area contributed by atoms with Gasteiger partial charge in [-0.05, 0) is 52.8 Å². The third-order valence-corrected chi connectivity index (χ3v) is 5.82. The number of carbonyl (C=O) groups is 1. The molecular weight excluding hydrogens is 392 g/mol. The van der Waals surface area contributed by atoms with Crippen LogP contribution in [0.25, 0.3) is 0 Å². The van der Waals surface area contributed by atoms with E-state index in [1.807, 2.05) is 18.2 Å². The maximum absolute atomic E-state index is 12.5. The standard InChI is InChI=1S/C30H28O2/c1-2-23-13-9-11-19-27(23)30(25-15-5-3-6-16-25)28-20-12-10-14-24(28)21-22-29(31)32-26-17-7-4-8-18-26/h3-20,30H,2,21-22H2,1H3. The monoisotopic (exact) mass is 420 g/mol. The highest BCUT2D eigenvalue weighted by atomic mass is 16.5. The van der Waals surface area contributed by atoms with Gasteiger partial charge >= 0.3 is 5.97 Å². The number of hydrogen-bond donors (Lipinski definition) is 0. The molecule has 0 aliphatic carbocycles. The Kier molecular flexibility index (Phi) is 7.14. The summed E-state index contributed by atoms with van der Waals surface area (Å²) < 4.78 is 5.50. The lowest BCUT2D eigenvalue weighted by molar-refractivity contribution is -0.134. The maximum Gasteiger partial charge on any atom is 0.311 e. The molecule has 0 fully saturated rings. The van der Waals surface area contributed by atoms with E-state index in [1.54, 1.807) is 12.1 Å². The molecule has 4 rings (SSSR count). The van der Waals surface area contributed by atoms with Gasteiger partial charge in [0.25, 0.3) is 0 Å². The molecule has 4 aromatic carbocycles. The second-order valence-electron chi connectivity index (χ2n) is 7.88. The zero-order chi connectivity index (χ0) is 22.2. The van der Waals surface area contributed by atoms with Gasteiger partial charge < -0.3 is 4.74 Å². The van der Waals surface area contributed by atoms with E-state index in [2.05, 4.69) is 85.8 Å². The lowest BCUT2D eigenvalue weighted by Crippen LogP contribution is -2.12. The third-order valence-electron chi connectivity index (χ3n) is 5.82.